The lowest BCUT2D eigenvalue weighted by Gasteiger charge is -2.28. The number of para-hydroxylation sites is 1. The molecule has 0 aliphatic carbocycles. The van der Waals surface area contributed by atoms with Gasteiger partial charge in [0.05, 0.1) is 20.8 Å². The first-order valence-electron chi connectivity index (χ1n) is 11.8. The van der Waals surface area contributed by atoms with E-state index >= 15 is 0 Å². The van der Waals surface area contributed by atoms with Crippen LogP contribution in [0, 0.1) is 11.6 Å². The molecule has 0 saturated heterocycles. The molecule has 0 aromatic heterocycles. The molecule has 37 heavy (non-hydrogen) atoms. The molecule has 0 spiro atoms. The Labute approximate surface area is 215 Å². The van der Waals surface area contributed by atoms with Crippen molar-refractivity contribution in [2.45, 2.75) is 19.2 Å². The molecule has 1 atom stereocenters. The number of rotatable bonds is 14. The van der Waals surface area contributed by atoms with Crippen LogP contribution in [-0.2, 0) is 22.6 Å². The minimum absolute atomic E-state index is 0.0176. The van der Waals surface area contributed by atoms with Gasteiger partial charge in [0.2, 0.25) is 0 Å². The Balaban J connectivity index is 1.83. The van der Waals surface area contributed by atoms with Gasteiger partial charge in [-0.05, 0) is 24.3 Å². The molecule has 1 amide bonds. The van der Waals surface area contributed by atoms with Crippen LogP contribution in [0.25, 0.3) is 0 Å². The Morgan fingerprint density at radius 1 is 0.946 bits per heavy atom. The quantitative estimate of drug-likeness (QED) is 0.348. The molecular formula is C28H32F2N2O5. The van der Waals surface area contributed by atoms with E-state index in [9.17, 15) is 13.6 Å². The first-order chi connectivity index (χ1) is 17.9. The second-order valence-corrected chi connectivity index (χ2v) is 8.25. The van der Waals surface area contributed by atoms with Gasteiger partial charge in [0.1, 0.15) is 17.4 Å². The zero-order valence-electron chi connectivity index (χ0n) is 21.2. The van der Waals surface area contributed by atoms with Gasteiger partial charge in [0.15, 0.2) is 17.6 Å². The number of hydrogen-bond donors (Lipinski definition) is 1. The monoisotopic (exact) mass is 514 g/mol. The summed E-state index contributed by atoms with van der Waals surface area (Å²) in [4.78, 5) is 15.2. The van der Waals surface area contributed by atoms with E-state index in [2.05, 4.69) is 5.32 Å². The van der Waals surface area contributed by atoms with Gasteiger partial charge in [-0.3, -0.25) is 9.69 Å². The number of ether oxygens (including phenoxy) is 4. The van der Waals surface area contributed by atoms with Gasteiger partial charge in [-0.2, -0.15) is 0 Å². The average Bonchev–Trinajstić information content (AvgIpc) is 2.90. The molecule has 1 unspecified atom stereocenters. The number of methoxy groups -OCH3 is 3. The molecule has 3 aromatic rings. The highest BCUT2D eigenvalue weighted by atomic mass is 19.1. The molecule has 0 bridgehead atoms. The summed E-state index contributed by atoms with van der Waals surface area (Å²) in [5.74, 6) is 0.00254. The van der Waals surface area contributed by atoms with Crippen molar-refractivity contribution in [1.29, 1.82) is 0 Å². The number of amides is 1. The average molecular weight is 515 g/mol. The van der Waals surface area contributed by atoms with Gasteiger partial charge in [-0.25, -0.2) is 8.78 Å². The lowest BCUT2D eigenvalue weighted by Crippen LogP contribution is -2.46. The van der Waals surface area contributed by atoms with Crippen molar-refractivity contribution in [1.82, 2.24) is 10.2 Å². The Hall–Kier alpha value is -3.69. The molecule has 3 aromatic carbocycles. The van der Waals surface area contributed by atoms with E-state index in [1.54, 1.807) is 51.7 Å². The van der Waals surface area contributed by atoms with Crippen LogP contribution in [-0.4, -0.2) is 57.9 Å². The summed E-state index contributed by atoms with van der Waals surface area (Å²) in [7, 11) is 4.71. The Morgan fingerprint density at radius 2 is 1.70 bits per heavy atom. The molecule has 1 N–H and O–H groups in total. The highest BCUT2D eigenvalue weighted by Crippen LogP contribution is 2.31. The van der Waals surface area contributed by atoms with Crippen LogP contribution < -0.4 is 19.5 Å². The molecule has 0 saturated carbocycles. The van der Waals surface area contributed by atoms with Crippen LogP contribution in [0.1, 0.15) is 11.1 Å². The SMILES string of the molecule is COCCN(Cc1cccc(OC)c1OC)CC(Oc1cccc(F)c1)C(=O)NCc1ccccc1F. The fourth-order valence-electron chi connectivity index (χ4n) is 3.83. The zero-order valence-corrected chi connectivity index (χ0v) is 21.2. The molecular weight excluding hydrogens is 482 g/mol. The standard InChI is InChI=1S/C28H32F2N2O5/c1-34-15-14-32(18-21-9-6-13-25(35-2)27(21)36-3)19-26(37-23-11-7-10-22(29)16-23)28(33)31-17-20-8-4-5-12-24(20)30/h4-13,16,26H,14-15,17-19H2,1-3H3,(H,31,33). The summed E-state index contributed by atoms with van der Waals surface area (Å²) in [6, 6.07) is 17.3. The lowest BCUT2D eigenvalue weighted by atomic mass is 10.1. The number of carbonyl (C=O) groups excluding carboxylic acids is 1. The topological polar surface area (TPSA) is 69.3 Å². The van der Waals surface area contributed by atoms with Crippen molar-refractivity contribution >= 4 is 5.91 Å². The Bertz CT molecular complexity index is 1160. The number of hydrogen-bond acceptors (Lipinski definition) is 6. The molecule has 0 radical (unpaired) electrons. The van der Waals surface area contributed by atoms with Crippen molar-refractivity contribution in [3.05, 3.63) is 89.5 Å². The lowest BCUT2D eigenvalue weighted by molar-refractivity contribution is -0.129. The van der Waals surface area contributed by atoms with E-state index in [-0.39, 0.29) is 18.8 Å². The third kappa shape index (κ3) is 8.16. The maximum atomic E-state index is 14.1. The van der Waals surface area contributed by atoms with Gasteiger partial charge >= 0.3 is 0 Å². The smallest absolute Gasteiger partial charge is 0.262 e. The molecule has 0 heterocycles. The van der Waals surface area contributed by atoms with Crippen LogP contribution in [0.5, 0.6) is 17.2 Å². The van der Waals surface area contributed by atoms with Gasteiger partial charge in [0.25, 0.3) is 5.91 Å². The maximum absolute atomic E-state index is 14.1. The first-order valence-corrected chi connectivity index (χ1v) is 11.8. The van der Waals surface area contributed by atoms with Gasteiger partial charge in [-0.15, -0.1) is 0 Å². The maximum Gasteiger partial charge on any atom is 0.262 e. The highest BCUT2D eigenvalue weighted by Gasteiger charge is 2.25. The summed E-state index contributed by atoms with van der Waals surface area (Å²) in [5.41, 5.74) is 1.19. The van der Waals surface area contributed by atoms with Gasteiger partial charge in [-0.1, -0.05) is 36.4 Å². The van der Waals surface area contributed by atoms with Crippen molar-refractivity contribution < 1.29 is 32.5 Å². The second kappa shape index (κ2) is 14.2. The fraction of sp³-hybridized carbons (Fsp3) is 0.321. The summed E-state index contributed by atoms with van der Waals surface area (Å²) in [5, 5.41) is 2.74. The third-order valence-electron chi connectivity index (χ3n) is 5.69. The number of carbonyl (C=O) groups is 1. The molecule has 7 nitrogen and oxygen atoms in total. The normalized spacial score (nSPS) is 11.7. The molecule has 3 rings (SSSR count). The van der Waals surface area contributed by atoms with E-state index in [4.69, 9.17) is 18.9 Å². The predicted octanol–water partition coefficient (Wildman–Crippen LogP) is 4.19. The summed E-state index contributed by atoms with van der Waals surface area (Å²) < 4.78 is 50.1. The fourth-order valence-corrected chi connectivity index (χ4v) is 3.83. The molecule has 0 aliphatic rings. The molecule has 198 valence electrons. The number of nitrogens with one attached hydrogen (secondary N) is 1. The van der Waals surface area contributed by atoms with E-state index in [1.165, 1.54) is 24.3 Å². The van der Waals surface area contributed by atoms with Crippen molar-refractivity contribution in [2.75, 3.05) is 41.0 Å². The largest absolute Gasteiger partial charge is 0.493 e. The Morgan fingerprint density at radius 3 is 2.41 bits per heavy atom. The first kappa shape index (κ1) is 27.9. The minimum Gasteiger partial charge on any atom is -0.493 e. The van der Waals surface area contributed by atoms with Crippen LogP contribution in [0.3, 0.4) is 0 Å². The summed E-state index contributed by atoms with van der Waals surface area (Å²) in [6.07, 6.45) is -1.03. The van der Waals surface area contributed by atoms with Gasteiger partial charge in [0, 0.05) is 50.5 Å². The van der Waals surface area contributed by atoms with E-state index in [0.29, 0.717) is 36.8 Å². The summed E-state index contributed by atoms with van der Waals surface area (Å²) in [6.45, 7) is 1.39. The van der Waals surface area contributed by atoms with Crippen molar-refractivity contribution in [3.8, 4) is 17.2 Å². The van der Waals surface area contributed by atoms with Gasteiger partial charge < -0.3 is 24.3 Å². The number of nitrogens with zero attached hydrogens (tertiary/aromatic N) is 1. The van der Waals surface area contributed by atoms with Crippen molar-refractivity contribution in [3.63, 3.8) is 0 Å². The third-order valence-corrected chi connectivity index (χ3v) is 5.69. The molecule has 9 heteroatoms. The number of halogens is 2. The second-order valence-electron chi connectivity index (χ2n) is 8.25. The van der Waals surface area contributed by atoms with E-state index in [0.717, 1.165) is 5.56 Å². The zero-order chi connectivity index (χ0) is 26.6. The van der Waals surface area contributed by atoms with Crippen molar-refractivity contribution in [2.24, 2.45) is 0 Å². The molecule has 0 fully saturated rings. The van der Waals surface area contributed by atoms with Crippen LogP contribution in [0.2, 0.25) is 0 Å². The van der Waals surface area contributed by atoms with Crippen LogP contribution in [0.4, 0.5) is 8.78 Å². The Kier molecular flexibility index (Phi) is 10.7. The van der Waals surface area contributed by atoms with E-state index < -0.39 is 23.6 Å². The van der Waals surface area contributed by atoms with Crippen LogP contribution in [0.15, 0.2) is 66.7 Å². The molecule has 0 aliphatic heterocycles. The minimum atomic E-state index is -1.03. The predicted molar refractivity (Wildman–Crippen MR) is 136 cm³/mol. The number of benzene rings is 3. The highest BCUT2D eigenvalue weighted by molar-refractivity contribution is 5.81. The van der Waals surface area contributed by atoms with Crippen LogP contribution >= 0.6 is 0 Å². The summed E-state index contributed by atoms with van der Waals surface area (Å²) >= 11 is 0. The van der Waals surface area contributed by atoms with E-state index in [1.807, 2.05) is 17.0 Å².